The van der Waals surface area contributed by atoms with Gasteiger partial charge < -0.3 is 15.3 Å². The summed E-state index contributed by atoms with van der Waals surface area (Å²) in [6.45, 7) is 1.21. The molecule has 1 saturated heterocycles. The Labute approximate surface area is 97.4 Å². The Morgan fingerprint density at radius 1 is 1.44 bits per heavy atom. The van der Waals surface area contributed by atoms with E-state index in [9.17, 15) is 14.4 Å². The Morgan fingerprint density at radius 2 is 2.19 bits per heavy atom. The first-order chi connectivity index (χ1) is 7.59. The normalized spacial score (nSPS) is 16.5. The zero-order valence-electron chi connectivity index (χ0n) is 8.77. The summed E-state index contributed by atoms with van der Waals surface area (Å²) in [5.41, 5.74) is 0. The monoisotopic (exact) mass is 246 g/mol. The largest absolute Gasteiger partial charge is 0.481 e. The Morgan fingerprint density at radius 3 is 2.88 bits per heavy atom. The van der Waals surface area contributed by atoms with Crippen molar-refractivity contribution >= 4 is 29.5 Å². The molecule has 0 unspecified atom stereocenters. The van der Waals surface area contributed by atoms with Gasteiger partial charge in [-0.25, -0.2) is 0 Å². The van der Waals surface area contributed by atoms with Crippen LogP contribution in [0.15, 0.2) is 0 Å². The van der Waals surface area contributed by atoms with Crippen molar-refractivity contribution in [1.29, 1.82) is 0 Å². The van der Waals surface area contributed by atoms with Crippen molar-refractivity contribution in [2.45, 2.75) is 6.42 Å². The molecule has 90 valence electrons. The number of thioether (sulfide) groups is 1. The SMILES string of the molecule is O=C(O)CSCC(=O)N1CCCNC(=O)C1. The number of carbonyl (C=O) groups is 3. The first-order valence-corrected chi connectivity index (χ1v) is 6.09. The van der Waals surface area contributed by atoms with Gasteiger partial charge in [0.1, 0.15) is 0 Å². The van der Waals surface area contributed by atoms with Gasteiger partial charge in [0, 0.05) is 13.1 Å². The van der Waals surface area contributed by atoms with E-state index in [0.717, 1.165) is 18.2 Å². The third-order valence-corrected chi connectivity index (χ3v) is 2.97. The maximum Gasteiger partial charge on any atom is 0.313 e. The number of carboxylic acid groups (broad SMARTS) is 1. The lowest BCUT2D eigenvalue weighted by Crippen LogP contribution is -2.38. The average molecular weight is 246 g/mol. The maximum atomic E-state index is 11.6. The van der Waals surface area contributed by atoms with Crippen LogP contribution in [0, 0.1) is 0 Å². The number of carbonyl (C=O) groups excluding carboxylic acids is 2. The molecule has 1 aliphatic rings. The fourth-order valence-corrected chi connectivity index (χ4v) is 1.97. The van der Waals surface area contributed by atoms with Crippen molar-refractivity contribution in [3.8, 4) is 0 Å². The lowest BCUT2D eigenvalue weighted by molar-refractivity contribution is -0.134. The molecule has 0 atom stereocenters. The smallest absolute Gasteiger partial charge is 0.313 e. The van der Waals surface area contributed by atoms with E-state index in [1.165, 1.54) is 4.90 Å². The molecule has 0 aromatic heterocycles. The first-order valence-electron chi connectivity index (χ1n) is 4.93. The third kappa shape index (κ3) is 4.52. The number of hydrogen-bond acceptors (Lipinski definition) is 4. The predicted molar refractivity (Wildman–Crippen MR) is 59.2 cm³/mol. The van der Waals surface area contributed by atoms with E-state index in [-0.39, 0.29) is 29.9 Å². The van der Waals surface area contributed by atoms with Gasteiger partial charge in [0.15, 0.2) is 0 Å². The molecular weight excluding hydrogens is 232 g/mol. The zero-order valence-corrected chi connectivity index (χ0v) is 9.59. The Balaban J connectivity index is 2.34. The minimum Gasteiger partial charge on any atom is -0.481 e. The van der Waals surface area contributed by atoms with E-state index < -0.39 is 5.97 Å². The van der Waals surface area contributed by atoms with Crippen molar-refractivity contribution in [2.24, 2.45) is 0 Å². The van der Waals surface area contributed by atoms with Gasteiger partial charge in [-0.2, -0.15) is 0 Å². The fourth-order valence-electron chi connectivity index (χ4n) is 1.34. The van der Waals surface area contributed by atoms with Gasteiger partial charge in [-0.05, 0) is 6.42 Å². The highest BCUT2D eigenvalue weighted by atomic mass is 32.2. The average Bonchev–Trinajstić information content (AvgIpc) is 2.42. The summed E-state index contributed by atoms with van der Waals surface area (Å²) >= 11 is 1.05. The number of amides is 2. The van der Waals surface area contributed by atoms with E-state index in [1.54, 1.807) is 0 Å². The quantitative estimate of drug-likeness (QED) is 0.675. The van der Waals surface area contributed by atoms with Crippen LogP contribution in [0.2, 0.25) is 0 Å². The summed E-state index contributed by atoms with van der Waals surface area (Å²) in [7, 11) is 0. The van der Waals surface area contributed by atoms with Crippen LogP contribution in [0.5, 0.6) is 0 Å². The molecule has 1 rings (SSSR count). The molecule has 1 aliphatic heterocycles. The molecule has 0 radical (unpaired) electrons. The molecule has 0 aromatic rings. The van der Waals surface area contributed by atoms with Crippen LogP contribution in [0.4, 0.5) is 0 Å². The number of nitrogens with zero attached hydrogens (tertiary/aromatic N) is 1. The molecule has 1 heterocycles. The van der Waals surface area contributed by atoms with E-state index in [1.807, 2.05) is 0 Å². The molecule has 7 heteroatoms. The van der Waals surface area contributed by atoms with Crippen LogP contribution >= 0.6 is 11.8 Å². The standard InChI is InChI=1S/C9H14N2O4S/c12-7-4-11(3-1-2-10-7)8(13)5-16-6-9(14)15/h1-6H2,(H,10,12)(H,14,15). The molecule has 0 aromatic carbocycles. The Bertz CT molecular complexity index is 295. The summed E-state index contributed by atoms with van der Waals surface area (Å²) in [4.78, 5) is 34.5. The predicted octanol–water partition coefficient (Wildman–Crippen LogP) is -0.847. The number of nitrogens with one attached hydrogen (secondary N) is 1. The molecule has 6 nitrogen and oxygen atoms in total. The molecule has 0 bridgehead atoms. The summed E-state index contributed by atoms with van der Waals surface area (Å²) in [6.07, 6.45) is 0.737. The topological polar surface area (TPSA) is 86.7 Å². The van der Waals surface area contributed by atoms with Crippen molar-refractivity contribution in [1.82, 2.24) is 10.2 Å². The van der Waals surface area contributed by atoms with Crippen molar-refractivity contribution in [3.63, 3.8) is 0 Å². The number of hydrogen-bond donors (Lipinski definition) is 2. The second kappa shape index (κ2) is 6.37. The summed E-state index contributed by atoms with van der Waals surface area (Å²) in [6, 6.07) is 0. The van der Waals surface area contributed by atoms with Gasteiger partial charge in [-0.1, -0.05) is 0 Å². The molecule has 2 amide bonds. The maximum absolute atomic E-state index is 11.6. The molecule has 16 heavy (non-hydrogen) atoms. The molecule has 0 aliphatic carbocycles. The zero-order chi connectivity index (χ0) is 12.0. The van der Waals surface area contributed by atoms with Gasteiger partial charge in [0.2, 0.25) is 11.8 Å². The lowest BCUT2D eigenvalue weighted by atomic mass is 10.4. The van der Waals surface area contributed by atoms with Crippen LogP contribution in [-0.4, -0.2) is 58.9 Å². The van der Waals surface area contributed by atoms with Crippen LogP contribution in [-0.2, 0) is 14.4 Å². The summed E-state index contributed by atoms with van der Waals surface area (Å²) in [5.74, 6) is -1.26. The van der Waals surface area contributed by atoms with Crippen molar-refractivity contribution in [2.75, 3.05) is 31.1 Å². The first kappa shape index (κ1) is 12.8. The molecule has 1 fully saturated rings. The highest BCUT2D eigenvalue weighted by Gasteiger charge is 2.19. The van der Waals surface area contributed by atoms with Crippen LogP contribution in [0.3, 0.4) is 0 Å². The van der Waals surface area contributed by atoms with Gasteiger partial charge >= 0.3 is 5.97 Å². The summed E-state index contributed by atoms with van der Waals surface area (Å²) in [5, 5.41) is 11.1. The minimum absolute atomic E-state index is 0.0759. The third-order valence-electron chi connectivity index (χ3n) is 2.07. The fraction of sp³-hybridized carbons (Fsp3) is 0.667. The molecular formula is C9H14N2O4S. The van der Waals surface area contributed by atoms with Crippen molar-refractivity contribution < 1.29 is 19.5 Å². The molecule has 0 saturated carbocycles. The highest BCUT2D eigenvalue weighted by Crippen LogP contribution is 2.04. The Hall–Kier alpha value is -1.24. The second-order valence-corrected chi connectivity index (χ2v) is 4.39. The highest BCUT2D eigenvalue weighted by molar-refractivity contribution is 8.00. The van der Waals surface area contributed by atoms with Crippen LogP contribution in [0.25, 0.3) is 0 Å². The van der Waals surface area contributed by atoms with Crippen LogP contribution < -0.4 is 5.32 Å². The van der Waals surface area contributed by atoms with Gasteiger partial charge in [-0.3, -0.25) is 14.4 Å². The van der Waals surface area contributed by atoms with Gasteiger partial charge in [0.25, 0.3) is 0 Å². The lowest BCUT2D eigenvalue weighted by Gasteiger charge is -2.18. The van der Waals surface area contributed by atoms with Crippen LogP contribution in [0.1, 0.15) is 6.42 Å². The number of rotatable bonds is 4. The van der Waals surface area contributed by atoms with E-state index in [0.29, 0.717) is 13.1 Å². The summed E-state index contributed by atoms with van der Waals surface area (Å²) < 4.78 is 0. The van der Waals surface area contributed by atoms with Gasteiger partial charge in [-0.15, -0.1) is 11.8 Å². The second-order valence-electron chi connectivity index (χ2n) is 3.41. The minimum atomic E-state index is -0.939. The van der Waals surface area contributed by atoms with E-state index in [2.05, 4.69) is 5.32 Å². The van der Waals surface area contributed by atoms with Gasteiger partial charge in [0.05, 0.1) is 18.1 Å². The number of aliphatic carboxylic acids is 1. The van der Waals surface area contributed by atoms with E-state index >= 15 is 0 Å². The molecule has 2 N–H and O–H groups in total. The molecule has 0 spiro atoms. The number of carboxylic acids is 1. The van der Waals surface area contributed by atoms with Crippen molar-refractivity contribution in [3.05, 3.63) is 0 Å². The van der Waals surface area contributed by atoms with E-state index in [4.69, 9.17) is 5.11 Å². The Kier molecular flexibility index (Phi) is 5.10.